The van der Waals surface area contributed by atoms with Crippen LogP contribution >= 0.6 is 7.60 Å². The summed E-state index contributed by atoms with van der Waals surface area (Å²) < 4.78 is 68.8. The van der Waals surface area contributed by atoms with Gasteiger partial charge >= 0.3 is 7.60 Å². The van der Waals surface area contributed by atoms with Gasteiger partial charge in [0.1, 0.15) is 79.1 Å². The van der Waals surface area contributed by atoms with E-state index < -0.39 is 202 Å². The third-order valence-electron chi connectivity index (χ3n) is 16.0. The summed E-state index contributed by atoms with van der Waals surface area (Å²) in [6.45, 7) is 5.19. The Morgan fingerprint density at radius 2 is 0.906 bits per heavy atom. The van der Waals surface area contributed by atoms with Gasteiger partial charge in [-0.1, -0.05) is 0 Å². The maximum atomic E-state index is 13.9. The lowest BCUT2D eigenvalue weighted by Crippen LogP contribution is -2.64. The Morgan fingerprint density at radius 1 is 0.510 bits per heavy atom. The number of aliphatic hydroxyl groups excluding tert-OH is 9. The zero-order valence-electron chi connectivity index (χ0n) is 55.1. The van der Waals surface area contributed by atoms with E-state index in [9.17, 15) is 93.8 Å². The zero-order chi connectivity index (χ0) is 71.3. The van der Waals surface area contributed by atoms with Crippen LogP contribution in [0.25, 0.3) is 0 Å². The molecular formula is C58H103N8O29P. The highest BCUT2D eigenvalue weighted by Crippen LogP contribution is 2.57. The molecule has 18 atom stereocenters. The molecule has 554 valence electrons. The maximum Gasteiger partial charge on any atom is 0.333 e. The lowest BCUT2D eigenvalue weighted by atomic mass is 9.86. The minimum Gasteiger partial charge on any atom is -0.394 e. The molecule has 0 bridgehead atoms. The minimum absolute atomic E-state index is 0.0271. The van der Waals surface area contributed by atoms with Crippen LogP contribution in [-0.2, 0) is 90.1 Å². The molecule has 3 aliphatic heterocycles. The second kappa shape index (κ2) is 42.5. The van der Waals surface area contributed by atoms with Gasteiger partial charge in [0.15, 0.2) is 24.7 Å². The van der Waals surface area contributed by atoms with Gasteiger partial charge in [-0.3, -0.25) is 42.9 Å². The van der Waals surface area contributed by atoms with Crippen LogP contribution < -0.4 is 42.5 Å². The number of aliphatic hydroxyl groups is 9. The maximum absolute atomic E-state index is 13.9. The molecule has 0 spiro atoms. The third kappa shape index (κ3) is 27.8. The van der Waals surface area contributed by atoms with Crippen LogP contribution in [0.3, 0.4) is 0 Å². The van der Waals surface area contributed by atoms with Crippen LogP contribution in [-0.4, -0.2) is 319 Å². The van der Waals surface area contributed by atoms with E-state index in [1.807, 2.05) is 0 Å². The monoisotopic (exact) mass is 1410 g/mol. The van der Waals surface area contributed by atoms with Gasteiger partial charge in [-0.25, -0.2) is 0 Å². The van der Waals surface area contributed by atoms with Gasteiger partial charge in [0.25, 0.3) is 0 Å². The van der Waals surface area contributed by atoms with E-state index in [-0.39, 0.29) is 131 Å². The Bertz CT molecular complexity index is 2470. The van der Waals surface area contributed by atoms with Crippen molar-refractivity contribution in [3.05, 3.63) is 0 Å². The predicted octanol–water partition coefficient (Wildman–Crippen LogP) is -7.60. The van der Waals surface area contributed by atoms with E-state index in [0.29, 0.717) is 0 Å². The van der Waals surface area contributed by atoms with Crippen molar-refractivity contribution in [1.82, 2.24) is 42.5 Å². The molecule has 3 heterocycles. The Balaban J connectivity index is 1.36. The SMILES string of the molecule is CC(=O)NC1C(OCCOCCNCC(=O)C(CCC(=O)NC(CCC(=O)NCCOCCOC2OC(CO)C(O)C(O)C2NC(C)=O)C(=O)NCCOCCOC2OC(CO)C(O)C(O)C2NC(C)=O)NC(=O)C2CCC(OP(=O)(O)C(C)(C)C)CC2)OC(CO)C(O)C1O. The molecule has 96 heavy (non-hydrogen) atoms. The number of hydrogen-bond acceptors (Lipinski definition) is 29. The van der Waals surface area contributed by atoms with E-state index in [4.69, 9.17) is 47.2 Å². The largest absolute Gasteiger partial charge is 0.394 e. The van der Waals surface area contributed by atoms with Crippen LogP contribution in [0.2, 0.25) is 0 Å². The number of amides is 7. The van der Waals surface area contributed by atoms with Crippen molar-refractivity contribution in [3.8, 4) is 0 Å². The molecule has 0 aromatic carbocycles. The highest BCUT2D eigenvalue weighted by Gasteiger charge is 2.48. The summed E-state index contributed by atoms with van der Waals surface area (Å²) in [7, 11) is -4.02. The van der Waals surface area contributed by atoms with Gasteiger partial charge < -0.3 is 141 Å². The summed E-state index contributed by atoms with van der Waals surface area (Å²) >= 11 is 0. The first-order valence-electron chi connectivity index (χ1n) is 32.1. The lowest BCUT2D eigenvalue weighted by molar-refractivity contribution is -0.272. The highest BCUT2D eigenvalue weighted by atomic mass is 31.2. The predicted molar refractivity (Wildman–Crippen MR) is 329 cm³/mol. The fourth-order valence-electron chi connectivity index (χ4n) is 10.5. The summed E-state index contributed by atoms with van der Waals surface area (Å²) in [6.07, 6.45) is -17.4. The van der Waals surface area contributed by atoms with E-state index in [1.54, 1.807) is 20.8 Å². The summed E-state index contributed by atoms with van der Waals surface area (Å²) in [6, 6.07) is -6.15. The molecule has 1 saturated carbocycles. The molecule has 0 aromatic heterocycles. The van der Waals surface area contributed by atoms with Crippen molar-refractivity contribution in [2.24, 2.45) is 5.92 Å². The Kier molecular flexibility index (Phi) is 37.0. The molecule has 4 aliphatic rings. The number of Topliss-reactive ketones (excluding diaryl/α,β-unsaturated/α-hetero) is 1. The van der Waals surface area contributed by atoms with Crippen molar-refractivity contribution in [2.75, 3.05) is 105 Å². The molecule has 18 unspecified atom stereocenters. The van der Waals surface area contributed by atoms with Gasteiger partial charge in [0.2, 0.25) is 41.4 Å². The molecule has 4 fully saturated rings. The van der Waals surface area contributed by atoms with E-state index in [2.05, 4.69) is 42.5 Å². The average molecular weight is 1410 g/mol. The standard InChI is InChI=1S/C58H103N8O29P/c1-31(70)62-44-50(79)47(76)39(28-67)92-55(44)89-24-21-86-18-15-59-27-38(73)36(66-53(82)34-7-9-35(10-8-34)95-96(84,85)58(4,5)6)11-14-43(75)65-37(54(83)61-17-20-88-23-26-91-57-46(64-33(3)72)52(81)49(78)41(30-69)94-57)12-13-42(74)60-16-19-87-22-25-90-56-45(63-32(2)71)51(80)48(77)40(29-68)93-56/h34-37,39-41,44-52,55-57,59,67-69,76-81H,7-30H2,1-6H3,(H,60,74)(H,61,83)(H,62,70)(H,63,71)(H,64,72)(H,65,75)(H,66,82)(H,84,85). The van der Waals surface area contributed by atoms with Crippen molar-refractivity contribution >= 4 is 54.7 Å². The minimum atomic E-state index is -4.02. The van der Waals surface area contributed by atoms with E-state index >= 15 is 0 Å². The molecule has 37 nitrogen and oxygen atoms in total. The number of carbonyl (C=O) groups excluding carboxylic acids is 8. The average Bonchev–Trinajstić information content (AvgIpc) is 0.830. The molecule has 1 aliphatic carbocycles. The second-order valence-electron chi connectivity index (χ2n) is 24.6. The summed E-state index contributed by atoms with van der Waals surface area (Å²) in [4.78, 5) is 114. The van der Waals surface area contributed by atoms with Crippen molar-refractivity contribution < 1.29 is 141 Å². The normalized spacial score (nSPS) is 29.8. The van der Waals surface area contributed by atoms with Crippen LogP contribution in [0.15, 0.2) is 0 Å². The fourth-order valence-corrected chi connectivity index (χ4v) is 11.4. The van der Waals surface area contributed by atoms with E-state index in [0.717, 1.165) is 0 Å². The Labute approximate surface area is 556 Å². The van der Waals surface area contributed by atoms with Crippen molar-refractivity contribution in [1.29, 1.82) is 0 Å². The van der Waals surface area contributed by atoms with Crippen molar-refractivity contribution in [2.45, 2.75) is 208 Å². The van der Waals surface area contributed by atoms with Crippen LogP contribution in [0.5, 0.6) is 0 Å². The Hall–Kier alpha value is -4.65. The molecule has 18 N–H and O–H groups in total. The molecule has 7 amide bonds. The van der Waals surface area contributed by atoms with Gasteiger partial charge in [-0.05, 0) is 59.3 Å². The smallest absolute Gasteiger partial charge is 0.333 e. The number of nitrogens with one attached hydrogen (secondary N) is 8. The number of rotatable bonds is 42. The summed E-state index contributed by atoms with van der Waals surface area (Å²) in [5.74, 6) is -5.36. The first-order valence-corrected chi connectivity index (χ1v) is 33.7. The van der Waals surface area contributed by atoms with E-state index in [1.165, 1.54) is 20.8 Å². The lowest BCUT2D eigenvalue weighted by Gasteiger charge is -2.42. The van der Waals surface area contributed by atoms with Gasteiger partial charge in [-0.2, -0.15) is 0 Å². The molecule has 0 radical (unpaired) electrons. The zero-order valence-corrected chi connectivity index (χ0v) is 56.0. The molecule has 38 heteroatoms. The molecule has 0 aromatic rings. The first kappa shape index (κ1) is 83.8. The topological polar surface area (TPSA) is 544 Å². The number of carbonyl (C=O) groups is 8. The molecule has 4 rings (SSSR count). The Morgan fingerprint density at radius 3 is 1.31 bits per heavy atom. The fraction of sp³-hybridized carbons (Fsp3) is 0.862. The first-order chi connectivity index (χ1) is 45.4. The number of ether oxygens (including phenoxy) is 9. The number of hydrogen-bond donors (Lipinski definition) is 18. The highest BCUT2D eigenvalue weighted by molar-refractivity contribution is 7.54. The summed E-state index contributed by atoms with van der Waals surface area (Å²) in [5, 5.41) is 111. The third-order valence-corrected chi connectivity index (χ3v) is 18.3. The van der Waals surface area contributed by atoms with Crippen LogP contribution in [0, 0.1) is 5.92 Å². The van der Waals surface area contributed by atoms with Crippen molar-refractivity contribution in [3.63, 3.8) is 0 Å². The van der Waals surface area contributed by atoms with Gasteiger partial charge in [0, 0.05) is 59.2 Å². The second-order valence-corrected chi connectivity index (χ2v) is 27.2. The quantitative estimate of drug-likeness (QED) is 0.0199. The van der Waals surface area contributed by atoms with Crippen LogP contribution in [0.1, 0.15) is 92.9 Å². The van der Waals surface area contributed by atoms with Crippen LogP contribution in [0.4, 0.5) is 0 Å². The van der Waals surface area contributed by atoms with Gasteiger partial charge in [0.05, 0.1) is 103 Å². The molecule has 3 saturated heterocycles. The molecular weight excluding hydrogens is 1300 g/mol. The number of ketones is 1. The summed E-state index contributed by atoms with van der Waals surface area (Å²) in [5.41, 5.74) is 0. The van der Waals surface area contributed by atoms with Gasteiger partial charge in [-0.15, -0.1) is 0 Å².